The predicted molar refractivity (Wildman–Crippen MR) is 97.9 cm³/mol. The fourth-order valence-corrected chi connectivity index (χ4v) is 2.29. The predicted octanol–water partition coefficient (Wildman–Crippen LogP) is 2.35. The molecule has 1 aromatic carbocycles. The molecule has 0 spiro atoms. The van der Waals surface area contributed by atoms with Crippen molar-refractivity contribution in [1.82, 2.24) is 5.32 Å². The second kappa shape index (κ2) is 10.4. The van der Waals surface area contributed by atoms with E-state index in [1.165, 1.54) is 6.92 Å². The first kappa shape index (κ1) is 20.6. The molecule has 1 aromatic rings. The Morgan fingerprint density at radius 3 is 2.25 bits per heavy atom. The molecule has 0 aliphatic rings. The van der Waals surface area contributed by atoms with Gasteiger partial charge in [-0.05, 0) is 35.4 Å². The molecule has 0 amide bonds. The largest absolute Gasteiger partial charge is 0.452 e. The molecule has 6 nitrogen and oxygen atoms in total. The summed E-state index contributed by atoms with van der Waals surface area (Å²) in [5.74, 6) is -1.40. The van der Waals surface area contributed by atoms with E-state index in [9.17, 15) is 14.4 Å². The van der Waals surface area contributed by atoms with Crippen LogP contribution in [0.2, 0.25) is 0 Å². The number of hydrogen-bond donors (Lipinski definition) is 1. The number of nitrogens with one attached hydrogen (secondary N) is 1. The van der Waals surface area contributed by atoms with E-state index in [4.69, 9.17) is 9.47 Å². The number of esters is 2. The van der Waals surface area contributed by atoms with Gasteiger partial charge in [0.2, 0.25) is 0 Å². The molecule has 0 fully saturated rings. The minimum atomic E-state index is -0.986. The summed E-state index contributed by atoms with van der Waals surface area (Å²) in [6.07, 6.45) is -0.986. The van der Waals surface area contributed by atoms with E-state index in [0.29, 0.717) is 5.56 Å². The zero-order valence-corrected chi connectivity index (χ0v) is 16.1. The molecular weight excluding hydrogens is 425 g/mol. The third-order valence-corrected chi connectivity index (χ3v) is 3.63. The Labute approximate surface area is 155 Å². The maximum atomic E-state index is 12.2. The normalized spacial score (nSPS) is 13.2. The lowest BCUT2D eigenvalue weighted by Crippen LogP contribution is -2.46. The zero-order chi connectivity index (χ0) is 18.1. The van der Waals surface area contributed by atoms with E-state index < -0.39 is 24.1 Å². The molecule has 0 saturated carbocycles. The number of carbonyl (C=O) groups is 3. The molecule has 0 saturated heterocycles. The summed E-state index contributed by atoms with van der Waals surface area (Å²) in [6.45, 7) is 5.13. The van der Waals surface area contributed by atoms with Crippen LogP contribution in [0.4, 0.5) is 0 Å². The molecule has 7 heteroatoms. The lowest BCUT2D eigenvalue weighted by Gasteiger charge is -2.22. The van der Waals surface area contributed by atoms with Gasteiger partial charge in [0.25, 0.3) is 0 Å². The number of ketones is 1. The highest BCUT2D eigenvalue weighted by Crippen LogP contribution is 2.08. The summed E-state index contributed by atoms with van der Waals surface area (Å²) in [4.78, 5) is 35.9. The van der Waals surface area contributed by atoms with Crippen molar-refractivity contribution in [3.63, 3.8) is 0 Å². The van der Waals surface area contributed by atoms with Crippen LogP contribution in [-0.2, 0) is 19.1 Å². The fourth-order valence-electron chi connectivity index (χ4n) is 1.99. The van der Waals surface area contributed by atoms with Crippen molar-refractivity contribution in [3.05, 3.63) is 35.9 Å². The van der Waals surface area contributed by atoms with Gasteiger partial charge in [-0.1, -0.05) is 44.2 Å². The van der Waals surface area contributed by atoms with Crippen LogP contribution in [0.15, 0.2) is 30.3 Å². The average molecular weight is 447 g/mol. The lowest BCUT2D eigenvalue weighted by atomic mass is 10.0. The van der Waals surface area contributed by atoms with Gasteiger partial charge in [-0.15, -0.1) is 0 Å². The molecule has 24 heavy (non-hydrogen) atoms. The number of hydrogen-bond acceptors (Lipinski definition) is 6. The van der Waals surface area contributed by atoms with Crippen molar-refractivity contribution in [2.45, 2.75) is 32.9 Å². The van der Waals surface area contributed by atoms with Crippen molar-refractivity contribution in [2.75, 3.05) is 11.2 Å². The Hall–Kier alpha value is -1.48. The molecular formula is C17H22INO5. The Bertz CT molecular complexity index is 561. The van der Waals surface area contributed by atoms with Gasteiger partial charge in [-0.2, -0.15) is 0 Å². The van der Waals surface area contributed by atoms with Crippen molar-refractivity contribution >= 4 is 40.3 Å². The highest BCUT2D eigenvalue weighted by molar-refractivity contribution is 14.1. The molecule has 0 aliphatic carbocycles. The quantitative estimate of drug-likeness (QED) is 0.271. The van der Waals surface area contributed by atoms with Crippen molar-refractivity contribution < 1.29 is 23.9 Å². The van der Waals surface area contributed by atoms with E-state index in [2.05, 4.69) is 5.32 Å². The van der Waals surface area contributed by atoms with Crippen molar-refractivity contribution in [2.24, 2.45) is 5.92 Å². The van der Waals surface area contributed by atoms with E-state index in [0.717, 1.165) is 0 Å². The smallest absolute Gasteiger partial charge is 0.347 e. The zero-order valence-electron chi connectivity index (χ0n) is 14.0. The van der Waals surface area contributed by atoms with Gasteiger partial charge >= 0.3 is 11.9 Å². The fraction of sp³-hybridized carbons (Fsp3) is 0.471. The highest BCUT2D eigenvalue weighted by atomic mass is 127. The number of ether oxygens (including phenoxy) is 2. The number of Topliss-reactive ketones (excluding diaryl/α,β-unsaturated/α-hetero) is 1. The van der Waals surface area contributed by atoms with Gasteiger partial charge in [0.05, 0.1) is 6.54 Å². The van der Waals surface area contributed by atoms with Crippen LogP contribution in [0, 0.1) is 5.92 Å². The van der Waals surface area contributed by atoms with Crippen molar-refractivity contribution in [1.29, 1.82) is 0 Å². The third kappa shape index (κ3) is 6.56. The van der Waals surface area contributed by atoms with Crippen LogP contribution in [-0.4, -0.2) is 41.0 Å². The summed E-state index contributed by atoms with van der Waals surface area (Å²) >= 11 is 1.89. The van der Waals surface area contributed by atoms with Crippen LogP contribution in [0.1, 0.15) is 31.1 Å². The van der Waals surface area contributed by atoms with Gasteiger partial charge in [-0.3, -0.25) is 14.9 Å². The molecule has 2 atom stereocenters. The SMILES string of the molecule is CC(OC(=O)C(NCC(=O)c1ccccc1)C(C)C)C(=O)OCI. The first-order valence-electron chi connectivity index (χ1n) is 7.61. The second-order valence-corrected chi connectivity index (χ2v) is 6.17. The number of alkyl halides is 1. The van der Waals surface area contributed by atoms with Crippen LogP contribution < -0.4 is 5.32 Å². The molecule has 0 radical (unpaired) electrons. The second-order valence-electron chi connectivity index (χ2n) is 5.54. The molecule has 0 aromatic heterocycles. The number of halogens is 1. The number of benzene rings is 1. The van der Waals surface area contributed by atoms with Gasteiger partial charge in [0, 0.05) is 5.56 Å². The summed E-state index contributed by atoms with van der Waals surface area (Å²) in [7, 11) is 0. The Balaban J connectivity index is 2.61. The molecule has 0 bridgehead atoms. The third-order valence-electron chi connectivity index (χ3n) is 3.32. The Morgan fingerprint density at radius 1 is 1.08 bits per heavy atom. The van der Waals surface area contributed by atoms with Crippen molar-refractivity contribution in [3.8, 4) is 0 Å². The summed E-state index contributed by atoms with van der Waals surface area (Å²) in [6, 6.07) is 8.13. The van der Waals surface area contributed by atoms with Crippen LogP contribution in [0.25, 0.3) is 0 Å². The summed E-state index contributed by atoms with van der Waals surface area (Å²) < 4.78 is 10.1. The molecule has 0 heterocycles. The topological polar surface area (TPSA) is 81.7 Å². The van der Waals surface area contributed by atoms with E-state index in [1.807, 2.05) is 42.5 Å². The maximum absolute atomic E-state index is 12.2. The van der Waals surface area contributed by atoms with Gasteiger partial charge in [-0.25, -0.2) is 4.79 Å². The number of rotatable bonds is 9. The molecule has 1 N–H and O–H groups in total. The highest BCUT2D eigenvalue weighted by Gasteiger charge is 2.28. The maximum Gasteiger partial charge on any atom is 0.347 e. The molecule has 2 unspecified atom stereocenters. The minimum Gasteiger partial charge on any atom is -0.452 e. The van der Waals surface area contributed by atoms with Crippen LogP contribution in [0.5, 0.6) is 0 Å². The molecule has 1 rings (SSSR count). The molecule has 0 aliphatic heterocycles. The van der Waals surface area contributed by atoms with Crippen LogP contribution in [0.3, 0.4) is 0 Å². The van der Waals surface area contributed by atoms with Gasteiger partial charge < -0.3 is 9.47 Å². The Kier molecular flexibility index (Phi) is 8.91. The van der Waals surface area contributed by atoms with Crippen LogP contribution >= 0.6 is 22.6 Å². The molecule has 132 valence electrons. The van der Waals surface area contributed by atoms with Gasteiger partial charge in [0.15, 0.2) is 11.9 Å². The van der Waals surface area contributed by atoms with Gasteiger partial charge in [0.1, 0.15) is 10.7 Å². The summed E-state index contributed by atoms with van der Waals surface area (Å²) in [5, 5.41) is 2.92. The summed E-state index contributed by atoms with van der Waals surface area (Å²) in [5.41, 5.74) is 0.569. The average Bonchev–Trinajstić information content (AvgIpc) is 2.55. The monoisotopic (exact) mass is 447 g/mol. The minimum absolute atomic E-state index is 0.00847. The van der Waals surface area contributed by atoms with E-state index in [-0.39, 0.29) is 22.9 Å². The first-order chi connectivity index (χ1) is 11.4. The standard InChI is InChI=1S/C17H22INO5/c1-11(2)15(17(22)24-12(3)16(21)23-10-18)19-9-14(20)13-7-5-4-6-8-13/h4-8,11-12,15,19H,9-10H2,1-3H3. The van der Waals surface area contributed by atoms with E-state index in [1.54, 1.807) is 24.3 Å². The first-order valence-corrected chi connectivity index (χ1v) is 9.14. The van der Waals surface area contributed by atoms with E-state index >= 15 is 0 Å². The Morgan fingerprint density at radius 2 is 1.71 bits per heavy atom. The number of carbonyl (C=O) groups excluding carboxylic acids is 3. The lowest BCUT2D eigenvalue weighted by molar-refractivity contribution is -0.166.